The van der Waals surface area contributed by atoms with Crippen molar-refractivity contribution >= 4 is 23.6 Å². The molecule has 3 aromatic carbocycles. The van der Waals surface area contributed by atoms with Crippen LogP contribution in [0.25, 0.3) is 5.69 Å². The fraction of sp³-hybridized carbons (Fsp3) is 0.323. The van der Waals surface area contributed by atoms with Crippen molar-refractivity contribution in [3.05, 3.63) is 95.6 Å². The first-order valence-corrected chi connectivity index (χ1v) is 14.9. The molecule has 2 unspecified atom stereocenters. The van der Waals surface area contributed by atoms with Crippen molar-refractivity contribution in [2.75, 3.05) is 6.61 Å². The second kappa shape index (κ2) is 12.1. The van der Waals surface area contributed by atoms with Crippen LogP contribution in [-0.4, -0.2) is 61.8 Å². The normalized spacial score (nSPS) is 19.6. The van der Waals surface area contributed by atoms with Gasteiger partial charge in [-0.05, 0) is 84.3 Å². The van der Waals surface area contributed by atoms with Crippen LogP contribution in [0.1, 0.15) is 58.9 Å². The van der Waals surface area contributed by atoms with E-state index in [0.29, 0.717) is 28.6 Å². The Balaban J connectivity index is 1.04. The molecule has 41 heavy (non-hydrogen) atoms. The molecule has 2 aliphatic heterocycles. The van der Waals surface area contributed by atoms with E-state index in [1.807, 2.05) is 66.7 Å². The van der Waals surface area contributed by atoms with Gasteiger partial charge < -0.3 is 14.4 Å². The Morgan fingerprint density at radius 3 is 2.27 bits per heavy atom. The minimum absolute atomic E-state index is 0.0387. The highest BCUT2D eigenvalue weighted by Crippen LogP contribution is 2.38. The van der Waals surface area contributed by atoms with Gasteiger partial charge in [0, 0.05) is 36.2 Å². The number of benzene rings is 3. The lowest BCUT2D eigenvalue weighted by atomic mass is 9.98. The number of carbonyl (C=O) groups excluding carboxylic acids is 2. The van der Waals surface area contributed by atoms with Crippen molar-refractivity contribution in [1.82, 2.24) is 25.1 Å². The summed E-state index contributed by atoms with van der Waals surface area (Å²) in [7, 11) is 0. The summed E-state index contributed by atoms with van der Waals surface area (Å²) in [6.45, 7) is 2.13. The zero-order valence-electron chi connectivity index (χ0n) is 22.8. The average molecular weight is 570 g/mol. The molecule has 3 heterocycles. The minimum atomic E-state index is -0.333. The SMILES string of the molecule is CCOC(=O)c1ccc(OC2CC3CCC(C2)N3C(=O)c2ccc(CSc3nnnn3-c3ccccc3)cc2)cc1. The first kappa shape index (κ1) is 27.0. The topological polar surface area (TPSA) is 99.4 Å². The molecule has 6 rings (SSSR count). The van der Waals surface area contributed by atoms with Crippen LogP contribution in [0.5, 0.6) is 5.75 Å². The number of tetrazole rings is 1. The van der Waals surface area contributed by atoms with Crippen LogP contribution < -0.4 is 4.74 Å². The zero-order chi connectivity index (χ0) is 28.2. The molecule has 1 aromatic heterocycles. The first-order chi connectivity index (χ1) is 20.1. The van der Waals surface area contributed by atoms with Gasteiger partial charge in [-0.2, -0.15) is 4.68 Å². The van der Waals surface area contributed by atoms with E-state index < -0.39 is 0 Å². The Labute approximate surface area is 242 Å². The number of fused-ring (bicyclic) bond motifs is 2. The maximum Gasteiger partial charge on any atom is 0.338 e. The monoisotopic (exact) mass is 569 g/mol. The van der Waals surface area contributed by atoms with Gasteiger partial charge in [-0.15, -0.1) is 5.10 Å². The highest BCUT2D eigenvalue weighted by molar-refractivity contribution is 7.98. The van der Waals surface area contributed by atoms with Gasteiger partial charge in [0.1, 0.15) is 11.9 Å². The lowest BCUT2D eigenvalue weighted by Crippen LogP contribution is -2.49. The molecule has 210 valence electrons. The van der Waals surface area contributed by atoms with Crippen molar-refractivity contribution in [3.8, 4) is 11.4 Å². The Kier molecular flexibility index (Phi) is 8.00. The van der Waals surface area contributed by atoms with Gasteiger partial charge in [0.25, 0.3) is 5.91 Å². The second-order valence-corrected chi connectivity index (χ2v) is 11.2. The third-order valence-electron chi connectivity index (χ3n) is 7.60. The van der Waals surface area contributed by atoms with Crippen LogP contribution in [0, 0.1) is 0 Å². The smallest absolute Gasteiger partial charge is 0.338 e. The lowest BCUT2D eigenvalue weighted by molar-refractivity contribution is 0.0359. The summed E-state index contributed by atoms with van der Waals surface area (Å²) in [4.78, 5) is 27.5. The Hall–Kier alpha value is -4.18. The number of hydrogen-bond donors (Lipinski definition) is 0. The van der Waals surface area contributed by atoms with Crippen molar-refractivity contribution in [2.45, 2.75) is 61.7 Å². The van der Waals surface area contributed by atoms with E-state index in [9.17, 15) is 9.59 Å². The minimum Gasteiger partial charge on any atom is -0.490 e. The number of piperidine rings is 1. The van der Waals surface area contributed by atoms with E-state index in [1.54, 1.807) is 35.5 Å². The molecular weight excluding hydrogens is 538 g/mol. The number of thioether (sulfide) groups is 1. The van der Waals surface area contributed by atoms with Crippen molar-refractivity contribution in [3.63, 3.8) is 0 Å². The van der Waals surface area contributed by atoms with E-state index in [1.165, 1.54) is 0 Å². The standard InChI is InChI=1S/C31H31N5O4S/c1-2-39-30(38)23-12-16-27(17-13-23)40-28-18-25-14-15-26(19-28)35(25)29(37)22-10-8-21(9-11-22)20-41-31-32-33-34-36(31)24-6-4-3-5-7-24/h3-13,16-17,25-26,28H,2,14-15,18-20H2,1H3. The Morgan fingerprint density at radius 2 is 1.59 bits per heavy atom. The average Bonchev–Trinajstić information content (AvgIpc) is 3.58. The number of amides is 1. The van der Waals surface area contributed by atoms with Gasteiger partial charge in [-0.1, -0.05) is 42.1 Å². The van der Waals surface area contributed by atoms with Crippen molar-refractivity contribution in [2.24, 2.45) is 0 Å². The number of esters is 1. The lowest BCUT2D eigenvalue weighted by Gasteiger charge is -2.39. The quantitative estimate of drug-likeness (QED) is 0.197. The number of nitrogens with zero attached hydrogens (tertiary/aromatic N) is 5. The Morgan fingerprint density at radius 1 is 0.902 bits per heavy atom. The Bertz CT molecular complexity index is 1480. The molecule has 0 radical (unpaired) electrons. The molecule has 1 amide bonds. The van der Waals surface area contributed by atoms with E-state index >= 15 is 0 Å². The van der Waals surface area contributed by atoms with E-state index in [0.717, 1.165) is 42.7 Å². The highest BCUT2D eigenvalue weighted by Gasteiger charge is 2.44. The van der Waals surface area contributed by atoms with Crippen molar-refractivity contribution in [1.29, 1.82) is 0 Å². The fourth-order valence-electron chi connectivity index (χ4n) is 5.67. The van der Waals surface area contributed by atoms with Crippen molar-refractivity contribution < 1.29 is 19.1 Å². The number of hydrogen-bond acceptors (Lipinski definition) is 8. The third-order valence-corrected chi connectivity index (χ3v) is 8.59. The van der Waals surface area contributed by atoms with E-state index in [-0.39, 0.29) is 30.1 Å². The summed E-state index contributed by atoms with van der Waals surface area (Å²) < 4.78 is 13.0. The summed E-state index contributed by atoms with van der Waals surface area (Å²) >= 11 is 1.55. The van der Waals surface area contributed by atoms with Crippen LogP contribution in [0.15, 0.2) is 84.0 Å². The molecule has 2 aliphatic rings. The van der Waals surface area contributed by atoms with Crippen LogP contribution >= 0.6 is 11.8 Å². The van der Waals surface area contributed by atoms with Crippen LogP contribution in [-0.2, 0) is 10.5 Å². The molecule has 4 aromatic rings. The van der Waals surface area contributed by atoms with Gasteiger partial charge >= 0.3 is 5.97 Å². The molecule has 2 bridgehead atoms. The molecule has 0 saturated carbocycles. The molecular formula is C31H31N5O4S. The van der Waals surface area contributed by atoms with Gasteiger partial charge in [0.05, 0.1) is 17.9 Å². The molecule has 2 atom stereocenters. The summed E-state index contributed by atoms with van der Waals surface area (Å²) in [5, 5.41) is 12.8. The molecule has 0 N–H and O–H groups in total. The van der Waals surface area contributed by atoms with E-state index in [2.05, 4.69) is 20.4 Å². The summed E-state index contributed by atoms with van der Waals surface area (Å²) in [6, 6.07) is 25.1. The molecule has 9 nitrogen and oxygen atoms in total. The number of ether oxygens (including phenoxy) is 2. The predicted octanol–water partition coefficient (Wildman–Crippen LogP) is 5.35. The summed E-state index contributed by atoms with van der Waals surface area (Å²) in [5.74, 6) is 1.17. The molecule has 10 heteroatoms. The largest absolute Gasteiger partial charge is 0.490 e. The number of aromatic nitrogens is 4. The molecule has 2 fully saturated rings. The molecule has 2 saturated heterocycles. The number of carbonyl (C=O) groups is 2. The summed E-state index contributed by atoms with van der Waals surface area (Å²) in [5.41, 5.74) is 3.23. The molecule has 0 spiro atoms. The van der Waals surface area contributed by atoms with Gasteiger partial charge in [0.15, 0.2) is 0 Å². The van der Waals surface area contributed by atoms with Gasteiger partial charge in [0.2, 0.25) is 5.16 Å². The maximum atomic E-state index is 13.5. The van der Waals surface area contributed by atoms with Crippen LogP contribution in [0.4, 0.5) is 0 Å². The van der Waals surface area contributed by atoms with E-state index in [4.69, 9.17) is 9.47 Å². The fourth-order valence-corrected chi connectivity index (χ4v) is 6.52. The van der Waals surface area contributed by atoms with Gasteiger partial charge in [-0.25, -0.2) is 4.79 Å². The predicted molar refractivity (Wildman–Crippen MR) is 154 cm³/mol. The zero-order valence-corrected chi connectivity index (χ0v) is 23.6. The van der Waals surface area contributed by atoms with Gasteiger partial charge in [-0.3, -0.25) is 4.79 Å². The van der Waals surface area contributed by atoms with Crippen LogP contribution in [0.3, 0.4) is 0 Å². The highest BCUT2D eigenvalue weighted by atomic mass is 32.2. The second-order valence-electron chi connectivity index (χ2n) is 10.2. The maximum absolute atomic E-state index is 13.5. The number of para-hydroxylation sites is 1. The third kappa shape index (κ3) is 5.97. The molecule has 0 aliphatic carbocycles. The number of rotatable bonds is 9. The van der Waals surface area contributed by atoms with Crippen LogP contribution in [0.2, 0.25) is 0 Å². The summed E-state index contributed by atoms with van der Waals surface area (Å²) in [6.07, 6.45) is 3.61. The first-order valence-electron chi connectivity index (χ1n) is 13.9.